The van der Waals surface area contributed by atoms with Crippen LogP contribution >= 0.6 is 0 Å². The molecule has 104 valence electrons. The third-order valence-electron chi connectivity index (χ3n) is 4.29. The van der Waals surface area contributed by atoms with Crippen LogP contribution in [-0.2, 0) is 0 Å². The number of hydrogen-bond acceptors (Lipinski definition) is 5. The first-order chi connectivity index (χ1) is 9.33. The topological polar surface area (TPSA) is 53.1 Å². The third kappa shape index (κ3) is 2.97. The highest BCUT2D eigenvalue weighted by Gasteiger charge is 2.23. The van der Waals surface area contributed by atoms with Gasteiger partial charge in [0.25, 0.3) is 0 Å². The fourth-order valence-electron chi connectivity index (χ4n) is 2.76. The lowest BCUT2D eigenvalue weighted by molar-refractivity contribution is 0.399. The number of nitrogens with zero attached hydrogens (tertiary/aromatic N) is 3. The van der Waals surface area contributed by atoms with Crippen LogP contribution in [0.2, 0.25) is 0 Å². The standard InChI is InChI=1S/C14H23N5/c1-19(12-5-2-6-12)14-8-13(16-10-17-14)18-11-4-3-7-15-9-11/h8,10-12,15H,2-7,9H2,1H3,(H,16,17,18). The van der Waals surface area contributed by atoms with Gasteiger partial charge in [-0.1, -0.05) is 0 Å². The maximum Gasteiger partial charge on any atom is 0.134 e. The molecule has 1 aliphatic heterocycles. The van der Waals surface area contributed by atoms with Gasteiger partial charge in [-0.05, 0) is 38.6 Å². The summed E-state index contributed by atoms with van der Waals surface area (Å²) in [6.07, 6.45) is 8.04. The van der Waals surface area contributed by atoms with Crippen LogP contribution in [0.25, 0.3) is 0 Å². The summed E-state index contributed by atoms with van der Waals surface area (Å²) in [5.74, 6) is 1.98. The van der Waals surface area contributed by atoms with Gasteiger partial charge in [0.15, 0.2) is 0 Å². The zero-order valence-corrected chi connectivity index (χ0v) is 11.6. The van der Waals surface area contributed by atoms with Crippen LogP contribution in [0.5, 0.6) is 0 Å². The van der Waals surface area contributed by atoms with Crippen molar-refractivity contribution in [3.63, 3.8) is 0 Å². The van der Waals surface area contributed by atoms with Gasteiger partial charge in [0, 0.05) is 31.7 Å². The fraction of sp³-hybridized carbons (Fsp3) is 0.714. The summed E-state index contributed by atoms with van der Waals surface area (Å²) < 4.78 is 0. The van der Waals surface area contributed by atoms with Gasteiger partial charge in [0.1, 0.15) is 18.0 Å². The summed E-state index contributed by atoms with van der Waals surface area (Å²) in [7, 11) is 2.14. The lowest BCUT2D eigenvalue weighted by Crippen LogP contribution is -2.39. The van der Waals surface area contributed by atoms with Crippen molar-refractivity contribution in [1.29, 1.82) is 0 Å². The predicted molar refractivity (Wildman–Crippen MR) is 77.6 cm³/mol. The molecule has 1 aromatic rings. The molecule has 1 aliphatic carbocycles. The average molecular weight is 261 g/mol. The Balaban J connectivity index is 1.64. The smallest absolute Gasteiger partial charge is 0.134 e. The molecule has 5 heteroatoms. The van der Waals surface area contributed by atoms with E-state index in [1.807, 2.05) is 0 Å². The average Bonchev–Trinajstić information content (AvgIpc) is 2.38. The van der Waals surface area contributed by atoms with E-state index in [1.54, 1.807) is 6.33 Å². The Bertz CT molecular complexity index is 412. The van der Waals surface area contributed by atoms with Gasteiger partial charge in [0.05, 0.1) is 0 Å². The second-order valence-corrected chi connectivity index (χ2v) is 5.64. The molecule has 1 atom stereocenters. The molecular formula is C14H23N5. The van der Waals surface area contributed by atoms with Gasteiger partial charge in [-0.15, -0.1) is 0 Å². The number of aromatic nitrogens is 2. The van der Waals surface area contributed by atoms with Crippen LogP contribution in [0.15, 0.2) is 12.4 Å². The van der Waals surface area contributed by atoms with Crippen LogP contribution in [0, 0.1) is 0 Å². The van der Waals surface area contributed by atoms with E-state index in [2.05, 4.69) is 38.6 Å². The van der Waals surface area contributed by atoms with Crippen LogP contribution in [-0.4, -0.2) is 42.2 Å². The molecule has 0 bridgehead atoms. The first-order valence-electron chi connectivity index (χ1n) is 7.35. The summed E-state index contributed by atoms with van der Waals surface area (Å²) >= 11 is 0. The molecule has 19 heavy (non-hydrogen) atoms. The SMILES string of the molecule is CN(c1cc(NC2CCCNC2)ncn1)C1CCC1. The highest BCUT2D eigenvalue weighted by Crippen LogP contribution is 2.27. The zero-order chi connectivity index (χ0) is 13.1. The summed E-state index contributed by atoms with van der Waals surface area (Å²) in [4.78, 5) is 11.0. The first kappa shape index (κ1) is 12.7. The van der Waals surface area contributed by atoms with Crippen molar-refractivity contribution in [2.45, 2.75) is 44.2 Å². The van der Waals surface area contributed by atoms with E-state index in [-0.39, 0.29) is 0 Å². The molecule has 3 rings (SSSR count). The molecule has 1 saturated carbocycles. The van der Waals surface area contributed by atoms with E-state index >= 15 is 0 Å². The third-order valence-corrected chi connectivity index (χ3v) is 4.29. The van der Waals surface area contributed by atoms with Crippen molar-refractivity contribution in [3.8, 4) is 0 Å². The van der Waals surface area contributed by atoms with Gasteiger partial charge in [0.2, 0.25) is 0 Å². The molecule has 1 saturated heterocycles. The van der Waals surface area contributed by atoms with E-state index in [1.165, 1.54) is 32.1 Å². The largest absolute Gasteiger partial charge is 0.366 e. The van der Waals surface area contributed by atoms with Crippen LogP contribution < -0.4 is 15.5 Å². The van der Waals surface area contributed by atoms with E-state index in [4.69, 9.17) is 0 Å². The lowest BCUT2D eigenvalue weighted by Gasteiger charge is -2.35. The number of hydrogen-bond donors (Lipinski definition) is 2. The molecule has 0 aromatic carbocycles. The van der Waals surface area contributed by atoms with Crippen molar-refractivity contribution in [2.75, 3.05) is 30.4 Å². The minimum absolute atomic E-state index is 0.491. The van der Waals surface area contributed by atoms with Gasteiger partial charge in [-0.2, -0.15) is 0 Å². The molecule has 2 N–H and O–H groups in total. The van der Waals surface area contributed by atoms with Gasteiger partial charge in [-0.3, -0.25) is 0 Å². The summed E-state index contributed by atoms with van der Waals surface area (Å²) in [6.45, 7) is 2.16. The Labute approximate surface area is 114 Å². The van der Waals surface area contributed by atoms with E-state index in [0.717, 1.165) is 24.7 Å². The second kappa shape index (κ2) is 5.74. The minimum atomic E-state index is 0.491. The molecule has 0 amide bonds. The molecule has 2 fully saturated rings. The number of rotatable bonds is 4. The molecule has 1 unspecified atom stereocenters. The maximum atomic E-state index is 4.39. The normalized spacial score (nSPS) is 23.7. The highest BCUT2D eigenvalue weighted by atomic mass is 15.2. The molecule has 2 heterocycles. The van der Waals surface area contributed by atoms with Crippen molar-refractivity contribution in [3.05, 3.63) is 12.4 Å². The maximum absolute atomic E-state index is 4.39. The van der Waals surface area contributed by atoms with Gasteiger partial charge < -0.3 is 15.5 Å². The van der Waals surface area contributed by atoms with Crippen LogP contribution in [0.4, 0.5) is 11.6 Å². The van der Waals surface area contributed by atoms with Crippen molar-refractivity contribution in [2.24, 2.45) is 0 Å². The number of anilines is 2. The van der Waals surface area contributed by atoms with Gasteiger partial charge in [-0.25, -0.2) is 9.97 Å². The van der Waals surface area contributed by atoms with E-state index in [0.29, 0.717) is 12.1 Å². The van der Waals surface area contributed by atoms with Crippen LogP contribution in [0.1, 0.15) is 32.1 Å². The Morgan fingerprint density at radius 3 is 2.84 bits per heavy atom. The molecule has 2 aliphatic rings. The quantitative estimate of drug-likeness (QED) is 0.863. The number of piperidine rings is 1. The Morgan fingerprint density at radius 2 is 2.16 bits per heavy atom. The van der Waals surface area contributed by atoms with Crippen molar-refractivity contribution in [1.82, 2.24) is 15.3 Å². The lowest BCUT2D eigenvalue weighted by atomic mass is 9.92. The highest BCUT2D eigenvalue weighted by molar-refractivity contribution is 5.49. The Kier molecular flexibility index (Phi) is 3.82. The summed E-state index contributed by atoms with van der Waals surface area (Å²) in [5.41, 5.74) is 0. The number of nitrogens with one attached hydrogen (secondary N) is 2. The van der Waals surface area contributed by atoms with Crippen molar-refractivity contribution < 1.29 is 0 Å². The summed E-state index contributed by atoms with van der Waals surface area (Å²) in [5, 5.41) is 6.92. The molecular weight excluding hydrogens is 238 g/mol. The predicted octanol–water partition coefficient (Wildman–Crippen LogP) is 1.63. The van der Waals surface area contributed by atoms with Gasteiger partial charge >= 0.3 is 0 Å². The Hall–Kier alpha value is -1.36. The fourth-order valence-corrected chi connectivity index (χ4v) is 2.76. The second-order valence-electron chi connectivity index (χ2n) is 5.64. The Morgan fingerprint density at radius 1 is 1.26 bits per heavy atom. The molecule has 0 radical (unpaired) electrons. The molecule has 0 spiro atoms. The van der Waals surface area contributed by atoms with E-state index < -0.39 is 0 Å². The molecule has 1 aromatic heterocycles. The van der Waals surface area contributed by atoms with E-state index in [9.17, 15) is 0 Å². The summed E-state index contributed by atoms with van der Waals surface area (Å²) in [6, 6.07) is 3.23. The molecule has 5 nitrogen and oxygen atoms in total. The zero-order valence-electron chi connectivity index (χ0n) is 11.6. The minimum Gasteiger partial charge on any atom is -0.366 e. The van der Waals surface area contributed by atoms with Crippen molar-refractivity contribution >= 4 is 11.6 Å². The first-order valence-corrected chi connectivity index (χ1v) is 7.35. The monoisotopic (exact) mass is 261 g/mol. The van der Waals surface area contributed by atoms with Crippen LogP contribution in [0.3, 0.4) is 0 Å².